The van der Waals surface area contributed by atoms with E-state index in [1.807, 2.05) is 18.0 Å². The highest BCUT2D eigenvalue weighted by atomic mass is 35.5. The molecule has 4 aromatic rings. The van der Waals surface area contributed by atoms with Gasteiger partial charge < -0.3 is 19.6 Å². The largest absolute Gasteiger partial charge is 0.461 e. The summed E-state index contributed by atoms with van der Waals surface area (Å²) in [7, 11) is 1.85. The van der Waals surface area contributed by atoms with Crippen LogP contribution in [0.2, 0.25) is 5.02 Å². The predicted octanol–water partition coefficient (Wildman–Crippen LogP) is 5.39. The Morgan fingerprint density at radius 1 is 1.15 bits per heavy atom. The van der Waals surface area contributed by atoms with Gasteiger partial charge in [-0.2, -0.15) is 9.97 Å². The molecule has 8 rings (SSSR count). The molecule has 2 aromatic heterocycles. The summed E-state index contributed by atoms with van der Waals surface area (Å²) in [6, 6.07) is 7.96. The van der Waals surface area contributed by atoms with Gasteiger partial charge in [0.25, 0.3) is 0 Å². The van der Waals surface area contributed by atoms with Crippen molar-refractivity contribution in [1.29, 1.82) is 0 Å². The number of likely N-dealkylation sites (N-methyl/N-ethyl adjacent to an activating group) is 1. The first-order valence-electron chi connectivity index (χ1n) is 18.0. The number of amides is 1. The number of pyridine rings is 1. The van der Waals surface area contributed by atoms with Gasteiger partial charge in [-0.3, -0.25) is 19.6 Å². The highest BCUT2D eigenvalue weighted by molar-refractivity contribution is 6.36. The lowest BCUT2D eigenvalue weighted by Gasteiger charge is -2.38. The molecule has 4 atom stereocenters. The number of aromatic nitrogens is 3. The topological polar surface area (TPSA) is 98.2 Å². The number of alkyl halides is 1. The van der Waals surface area contributed by atoms with Crippen LogP contribution in [0.3, 0.4) is 0 Å². The number of halogens is 4. The molecule has 0 unspecified atom stereocenters. The molecule has 274 valence electrons. The van der Waals surface area contributed by atoms with E-state index in [-0.39, 0.29) is 53.4 Å². The molecule has 0 spiro atoms. The maximum Gasteiger partial charge on any atom is 0.319 e. The van der Waals surface area contributed by atoms with Gasteiger partial charge in [-0.25, -0.2) is 13.2 Å². The summed E-state index contributed by atoms with van der Waals surface area (Å²) < 4.78 is 52.3. The number of aliphatic hydroxyl groups is 1. The van der Waals surface area contributed by atoms with E-state index in [1.54, 1.807) is 35.2 Å². The molecule has 4 fully saturated rings. The molecule has 10 nitrogen and oxygen atoms in total. The van der Waals surface area contributed by atoms with Crippen molar-refractivity contribution in [2.24, 2.45) is 0 Å². The number of hydrogen-bond donors (Lipinski definition) is 1. The molecule has 6 heterocycles. The van der Waals surface area contributed by atoms with Gasteiger partial charge in [-0.05, 0) is 43.7 Å². The van der Waals surface area contributed by atoms with Gasteiger partial charge in [0.1, 0.15) is 35.6 Å². The van der Waals surface area contributed by atoms with Crippen LogP contribution in [-0.4, -0.2) is 124 Å². The van der Waals surface area contributed by atoms with E-state index in [0.717, 1.165) is 32.4 Å². The maximum absolute atomic E-state index is 16.9. The Morgan fingerprint density at radius 2 is 2.02 bits per heavy atom. The lowest BCUT2D eigenvalue weighted by molar-refractivity contribution is -0.125. The van der Waals surface area contributed by atoms with Crippen molar-refractivity contribution in [1.82, 2.24) is 29.7 Å². The molecule has 4 saturated heterocycles. The van der Waals surface area contributed by atoms with E-state index in [0.29, 0.717) is 66.6 Å². The van der Waals surface area contributed by atoms with Gasteiger partial charge in [0, 0.05) is 81.5 Å². The molecule has 0 bridgehead atoms. The SMILES string of the molecule is CN(c1nc(OC[C@@]23CCCN2C[C@H](F)C3)nc2c(F)c(-c3cccc4ccc(F)c(Cl)c34)ncc12)[C@@H]1CCN(C(=O)/C=C/[C@H]2CCN2CCO)C1. The fourth-order valence-electron chi connectivity index (χ4n) is 8.51. The van der Waals surface area contributed by atoms with Gasteiger partial charge in [0.05, 0.1) is 22.6 Å². The minimum Gasteiger partial charge on any atom is -0.461 e. The van der Waals surface area contributed by atoms with Crippen molar-refractivity contribution in [3.05, 3.63) is 65.3 Å². The lowest BCUT2D eigenvalue weighted by atomic mass is 9.95. The van der Waals surface area contributed by atoms with Crippen LogP contribution in [0.25, 0.3) is 32.9 Å². The Morgan fingerprint density at radius 3 is 2.83 bits per heavy atom. The molecule has 0 saturated carbocycles. The number of likely N-dealkylation sites (tertiary alicyclic amines) is 2. The van der Waals surface area contributed by atoms with Crippen molar-refractivity contribution < 1.29 is 27.8 Å². The average molecular weight is 736 g/mol. The normalized spacial score (nSPS) is 25.0. The summed E-state index contributed by atoms with van der Waals surface area (Å²) in [4.78, 5) is 35.0. The Hall–Kier alpha value is -4.04. The molecule has 2 aromatic carbocycles. The monoisotopic (exact) mass is 735 g/mol. The number of rotatable bonds is 10. The fourth-order valence-corrected chi connectivity index (χ4v) is 8.79. The zero-order valence-corrected chi connectivity index (χ0v) is 29.7. The molecule has 0 aliphatic carbocycles. The first kappa shape index (κ1) is 35.0. The minimum absolute atomic E-state index is 0.0289. The Bertz CT molecular complexity index is 2050. The summed E-state index contributed by atoms with van der Waals surface area (Å²) in [6.45, 7) is 3.85. The van der Waals surface area contributed by atoms with E-state index in [2.05, 4.69) is 19.8 Å². The summed E-state index contributed by atoms with van der Waals surface area (Å²) in [5.41, 5.74) is -0.228. The van der Waals surface area contributed by atoms with Gasteiger partial charge in [-0.15, -0.1) is 0 Å². The highest BCUT2D eigenvalue weighted by Crippen LogP contribution is 2.42. The van der Waals surface area contributed by atoms with Gasteiger partial charge in [-0.1, -0.05) is 41.9 Å². The smallest absolute Gasteiger partial charge is 0.319 e. The third-order valence-electron chi connectivity index (χ3n) is 11.5. The summed E-state index contributed by atoms with van der Waals surface area (Å²) in [5, 5.41) is 10.5. The number of aliphatic hydroxyl groups excluding tert-OH is 1. The van der Waals surface area contributed by atoms with Crippen molar-refractivity contribution in [3.63, 3.8) is 0 Å². The Kier molecular flexibility index (Phi) is 9.48. The Labute approximate surface area is 304 Å². The molecular formula is C38H41ClF3N7O3. The molecule has 52 heavy (non-hydrogen) atoms. The molecule has 1 amide bonds. The second kappa shape index (κ2) is 14.1. The van der Waals surface area contributed by atoms with Crippen LogP contribution in [0.15, 0.2) is 48.7 Å². The third-order valence-corrected chi connectivity index (χ3v) is 11.8. The number of nitrogens with zero attached hydrogens (tertiary/aromatic N) is 7. The second-order valence-corrected chi connectivity index (χ2v) is 14.8. The van der Waals surface area contributed by atoms with Crippen LogP contribution >= 0.6 is 11.6 Å². The van der Waals surface area contributed by atoms with E-state index in [4.69, 9.17) is 21.3 Å². The van der Waals surface area contributed by atoms with Crippen LogP contribution in [0, 0.1) is 11.6 Å². The van der Waals surface area contributed by atoms with Gasteiger partial charge in [0.2, 0.25) is 5.91 Å². The zero-order valence-electron chi connectivity index (χ0n) is 28.9. The summed E-state index contributed by atoms with van der Waals surface area (Å²) in [5.74, 6) is -1.07. The number of anilines is 1. The van der Waals surface area contributed by atoms with Crippen LogP contribution in [0.5, 0.6) is 6.01 Å². The average Bonchev–Trinajstić information content (AvgIpc) is 3.85. The maximum atomic E-state index is 16.9. The van der Waals surface area contributed by atoms with Gasteiger partial charge >= 0.3 is 6.01 Å². The van der Waals surface area contributed by atoms with Crippen LogP contribution < -0.4 is 9.64 Å². The minimum atomic E-state index is -0.942. The first-order chi connectivity index (χ1) is 25.2. The van der Waals surface area contributed by atoms with E-state index in [9.17, 15) is 18.7 Å². The molecule has 0 radical (unpaired) electrons. The van der Waals surface area contributed by atoms with Crippen LogP contribution in [0.4, 0.5) is 19.0 Å². The van der Waals surface area contributed by atoms with E-state index >= 15 is 4.39 Å². The number of carbonyl (C=O) groups excluding carboxylic acids is 1. The number of ether oxygens (including phenoxy) is 1. The van der Waals surface area contributed by atoms with Gasteiger partial charge in [0.15, 0.2) is 5.82 Å². The molecule has 1 N–H and O–H groups in total. The summed E-state index contributed by atoms with van der Waals surface area (Å²) in [6.07, 6.45) is 7.78. The highest BCUT2D eigenvalue weighted by Gasteiger charge is 2.49. The van der Waals surface area contributed by atoms with E-state index < -0.39 is 23.3 Å². The van der Waals surface area contributed by atoms with Crippen molar-refractivity contribution in [2.45, 2.75) is 55.9 Å². The molecule has 14 heteroatoms. The number of β-amino-alcohol motifs (C(OH)–C–C–N with tert-alkyl or cyclic N) is 1. The number of carbonyl (C=O) groups is 1. The van der Waals surface area contributed by atoms with Crippen molar-refractivity contribution in [2.75, 3.05) is 64.4 Å². The number of benzene rings is 2. The third kappa shape index (κ3) is 6.25. The van der Waals surface area contributed by atoms with Crippen molar-refractivity contribution >= 4 is 45.0 Å². The standard InChI is InChI=1S/C38H41ClF3N7O3/c1-46(26-11-15-48(21-26)30(51)9-7-25-10-14-47(25)16-17-50)36-28-19-43-34(27-5-2-4-23-6-8-29(41)32(39)31(23)27)33(42)35(28)44-37(45-36)52-22-38-12-3-13-49(38)20-24(40)18-38/h2,4-9,19,24-26,50H,3,10-18,20-22H2,1H3/b9-7+/t24-,25+,26-,38+/m1/s1. The number of hydrogen-bond acceptors (Lipinski definition) is 9. The van der Waals surface area contributed by atoms with Crippen molar-refractivity contribution in [3.8, 4) is 17.3 Å². The molecule has 4 aliphatic rings. The van der Waals surface area contributed by atoms with Crippen LogP contribution in [-0.2, 0) is 4.79 Å². The lowest BCUT2D eigenvalue weighted by Crippen LogP contribution is -2.47. The predicted molar refractivity (Wildman–Crippen MR) is 193 cm³/mol. The van der Waals surface area contributed by atoms with E-state index in [1.165, 1.54) is 12.3 Å². The quantitative estimate of drug-likeness (QED) is 0.215. The fraction of sp³-hybridized carbons (Fsp3) is 0.474. The first-order valence-corrected chi connectivity index (χ1v) is 18.3. The Balaban J connectivity index is 1.13. The summed E-state index contributed by atoms with van der Waals surface area (Å²) >= 11 is 6.42. The van der Waals surface area contributed by atoms with Crippen LogP contribution in [0.1, 0.15) is 32.1 Å². The second-order valence-electron chi connectivity index (χ2n) is 14.5. The number of fused-ring (bicyclic) bond motifs is 3. The molecular weight excluding hydrogens is 695 g/mol. The zero-order chi connectivity index (χ0) is 36.1. The molecule has 4 aliphatic heterocycles.